The molecule has 112 valence electrons. The summed E-state index contributed by atoms with van der Waals surface area (Å²) in [7, 11) is -3.31. The molecule has 1 aromatic rings. The molecule has 0 aromatic carbocycles. The van der Waals surface area contributed by atoms with Gasteiger partial charge in [0.2, 0.25) is 7.37 Å². The van der Waals surface area contributed by atoms with E-state index < -0.39 is 13.3 Å². The number of carbonyl (C=O) groups excluding carboxylic acids is 1. The van der Waals surface area contributed by atoms with E-state index >= 15 is 0 Å². The molecule has 1 atom stereocenters. The van der Waals surface area contributed by atoms with E-state index in [0.717, 1.165) is 0 Å². The summed E-state index contributed by atoms with van der Waals surface area (Å²) in [6, 6.07) is 5.34. The molecule has 0 fully saturated rings. The third-order valence-corrected chi connectivity index (χ3v) is 3.45. The molecular weight excluding hydrogens is 281 g/mol. The zero-order valence-corrected chi connectivity index (χ0v) is 12.5. The van der Waals surface area contributed by atoms with Gasteiger partial charge in [0.15, 0.2) is 0 Å². The number of nitrogens with zero attached hydrogens (tertiary/aromatic N) is 3. The Bertz CT molecular complexity index is 477. The maximum Gasteiger partial charge on any atom is 0.260 e. The summed E-state index contributed by atoms with van der Waals surface area (Å²) >= 11 is 0. The predicted octanol–water partition coefficient (Wildman–Crippen LogP) is 0.979. The lowest BCUT2D eigenvalue weighted by Gasteiger charge is -2.24. The average molecular weight is 301 g/mol. The van der Waals surface area contributed by atoms with E-state index in [0.29, 0.717) is 10.8 Å². The molecule has 1 amide bonds. The number of carbonyl (C=O) groups is 1. The van der Waals surface area contributed by atoms with Crippen LogP contribution in [0.3, 0.4) is 0 Å². The van der Waals surface area contributed by atoms with Gasteiger partial charge in [-0.3, -0.25) is 24.5 Å². The Morgan fingerprint density at radius 1 is 1.45 bits per heavy atom. The summed E-state index contributed by atoms with van der Waals surface area (Å²) in [5.41, 5.74) is 0.690. The number of aromatic nitrogens is 1. The van der Waals surface area contributed by atoms with Crippen LogP contribution in [0.1, 0.15) is 12.6 Å². The number of pyridine rings is 1. The van der Waals surface area contributed by atoms with Crippen LogP contribution >= 0.6 is 7.37 Å². The van der Waals surface area contributed by atoms with Crippen LogP contribution in [0.5, 0.6) is 0 Å². The van der Waals surface area contributed by atoms with Crippen LogP contribution in [-0.2, 0) is 15.9 Å². The van der Waals surface area contributed by atoms with Gasteiger partial charge in [-0.05, 0) is 19.1 Å². The van der Waals surface area contributed by atoms with Crippen molar-refractivity contribution in [3.05, 3.63) is 30.1 Å². The largest absolute Gasteiger partial charge is 0.344 e. The van der Waals surface area contributed by atoms with Crippen molar-refractivity contribution >= 4 is 13.3 Å². The number of amides is 1. The van der Waals surface area contributed by atoms with Crippen molar-refractivity contribution in [2.75, 3.05) is 26.0 Å². The molecule has 0 aliphatic rings. The monoisotopic (exact) mass is 301 g/mol. The Labute approximate surface area is 118 Å². The maximum atomic E-state index is 11.7. The Morgan fingerprint density at radius 2 is 2.15 bits per heavy atom. The average Bonchev–Trinajstić information content (AvgIpc) is 2.36. The zero-order chi connectivity index (χ0) is 15.2. The van der Waals surface area contributed by atoms with E-state index in [-0.39, 0.29) is 25.9 Å². The van der Waals surface area contributed by atoms with Gasteiger partial charge in [-0.15, -0.1) is 0 Å². The lowest BCUT2D eigenvalue weighted by atomic mass is 10.3. The maximum absolute atomic E-state index is 11.7. The SMILES string of the molecule is CCN(O)C(=O)CN(Cc1ccccn1)CP(C)(=O)O. The smallest absolute Gasteiger partial charge is 0.260 e. The second-order valence-corrected chi connectivity index (χ2v) is 6.99. The fraction of sp³-hybridized carbons (Fsp3) is 0.500. The Hall–Kier alpha value is -1.27. The molecule has 1 rings (SSSR count). The summed E-state index contributed by atoms with van der Waals surface area (Å²) in [6.07, 6.45) is 1.48. The van der Waals surface area contributed by atoms with Gasteiger partial charge in [0.05, 0.1) is 18.5 Å². The van der Waals surface area contributed by atoms with Crippen LogP contribution in [0, 0.1) is 0 Å². The lowest BCUT2D eigenvalue weighted by Crippen LogP contribution is -2.38. The first-order chi connectivity index (χ1) is 9.31. The number of rotatable bonds is 7. The van der Waals surface area contributed by atoms with Gasteiger partial charge in [0.25, 0.3) is 5.91 Å². The van der Waals surface area contributed by atoms with E-state index in [9.17, 15) is 19.5 Å². The summed E-state index contributed by atoms with van der Waals surface area (Å²) < 4.78 is 11.5. The van der Waals surface area contributed by atoms with E-state index in [1.54, 1.807) is 31.3 Å². The molecule has 0 saturated carbocycles. The number of hydrogen-bond donors (Lipinski definition) is 2. The molecule has 0 radical (unpaired) electrons. The van der Waals surface area contributed by atoms with Crippen molar-refractivity contribution < 1.29 is 19.5 Å². The number of likely N-dealkylation sites (N-methyl/N-ethyl adjacent to an activating group) is 1. The van der Waals surface area contributed by atoms with Crippen molar-refractivity contribution in [3.63, 3.8) is 0 Å². The minimum absolute atomic E-state index is 0.132. The fourth-order valence-electron chi connectivity index (χ4n) is 1.70. The van der Waals surface area contributed by atoms with Gasteiger partial charge in [0, 0.05) is 26.0 Å². The summed E-state index contributed by atoms with van der Waals surface area (Å²) in [5.74, 6) is -0.517. The van der Waals surface area contributed by atoms with E-state index in [1.807, 2.05) is 0 Å². The second kappa shape index (κ2) is 7.50. The Morgan fingerprint density at radius 3 is 2.65 bits per heavy atom. The number of hydrogen-bond acceptors (Lipinski definition) is 5. The van der Waals surface area contributed by atoms with Crippen LogP contribution in [0.2, 0.25) is 0 Å². The van der Waals surface area contributed by atoms with Crippen molar-refractivity contribution in [1.82, 2.24) is 14.9 Å². The molecule has 0 aliphatic heterocycles. The van der Waals surface area contributed by atoms with Crippen molar-refractivity contribution in [2.45, 2.75) is 13.5 Å². The topological polar surface area (TPSA) is 94.0 Å². The summed E-state index contributed by atoms with van der Waals surface area (Å²) in [4.78, 5) is 26.8. The highest BCUT2D eigenvalue weighted by Gasteiger charge is 2.21. The zero-order valence-electron chi connectivity index (χ0n) is 11.6. The van der Waals surface area contributed by atoms with E-state index in [1.165, 1.54) is 11.6 Å². The first kappa shape index (κ1) is 16.8. The molecule has 0 aliphatic carbocycles. The number of hydroxylamine groups is 2. The molecule has 1 heterocycles. The molecule has 1 aromatic heterocycles. The van der Waals surface area contributed by atoms with Crippen molar-refractivity contribution in [3.8, 4) is 0 Å². The van der Waals surface area contributed by atoms with Crippen LogP contribution in [-0.4, -0.2) is 57.0 Å². The van der Waals surface area contributed by atoms with Gasteiger partial charge in [0.1, 0.15) is 0 Å². The van der Waals surface area contributed by atoms with Crippen molar-refractivity contribution in [1.29, 1.82) is 0 Å². The van der Waals surface area contributed by atoms with Gasteiger partial charge < -0.3 is 4.89 Å². The summed E-state index contributed by atoms with van der Waals surface area (Å²) in [5, 5.41) is 9.94. The van der Waals surface area contributed by atoms with Gasteiger partial charge >= 0.3 is 0 Å². The molecule has 1 unspecified atom stereocenters. The van der Waals surface area contributed by atoms with Crippen LogP contribution in [0.25, 0.3) is 0 Å². The standard InChI is InChI=1S/C12H20N3O4P/c1-3-15(17)12(16)9-14(10-20(2,18)19)8-11-6-4-5-7-13-11/h4-7,17H,3,8-10H2,1-2H3,(H,18,19). The minimum Gasteiger partial charge on any atom is -0.344 e. The Kier molecular flexibility index (Phi) is 6.29. The molecule has 20 heavy (non-hydrogen) atoms. The molecule has 0 spiro atoms. The van der Waals surface area contributed by atoms with Gasteiger partial charge in [-0.2, -0.15) is 0 Å². The summed E-state index contributed by atoms with van der Waals surface area (Å²) in [6.45, 7) is 3.16. The van der Waals surface area contributed by atoms with Crippen molar-refractivity contribution in [2.24, 2.45) is 0 Å². The molecule has 2 N–H and O–H groups in total. The normalized spacial score (nSPS) is 14.1. The van der Waals surface area contributed by atoms with E-state index in [2.05, 4.69) is 4.98 Å². The Balaban J connectivity index is 2.75. The third-order valence-electron chi connectivity index (χ3n) is 2.52. The van der Waals surface area contributed by atoms with Crippen LogP contribution in [0.4, 0.5) is 0 Å². The highest BCUT2D eigenvalue weighted by molar-refractivity contribution is 7.57. The second-order valence-electron chi connectivity index (χ2n) is 4.61. The molecule has 0 saturated heterocycles. The van der Waals surface area contributed by atoms with Crippen LogP contribution in [0.15, 0.2) is 24.4 Å². The predicted molar refractivity (Wildman–Crippen MR) is 74.4 cm³/mol. The highest BCUT2D eigenvalue weighted by Crippen LogP contribution is 2.36. The minimum atomic E-state index is -3.31. The van der Waals surface area contributed by atoms with Crippen LogP contribution < -0.4 is 0 Å². The molecule has 8 heteroatoms. The quantitative estimate of drug-likeness (QED) is 0.443. The molecule has 0 bridgehead atoms. The third kappa shape index (κ3) is 6.25. The molecular formula is C12H20N3O4P. The van der Waals surface area contributed by atoms with Gasteiger partial charge in [-0.1, -0.05) is 6.07 Å². The highest BCUT2D eigenvalue weighted by atomic mass is 31.2. The lowest BCUT2D eigenvalue weighted by molar-refractivity contribution is -0.165. The fourth-order valence-corrected chi connectivity index (χ4v) is 2.64. The first-order valence-corrected chi connectivity index (χ1v) is 8.52. The first-order valence-electron chi connectivity index (χ1n) is 6.22. The van der Waals surface area contributed by atoms with E-state index in [4.69, 9.17) is 0 Å². The van der Waals surface area contributed by atoms with Gasteiger partial charge in [-0.25, -0.2) is 5.06 Å². The molecule has 7 nitrogen and oxygen atoms in total.